The van der Waals surface area contributed by atoms with E-state index in [9.17, 15) is 9.90 Å². The van der Waals surface area contributed by atoms with Crippen LogP contribution in [0.4, 0.5) is 0 Å². The third-order valence-corrected chi connectivity index (χ3v) is 1.79. The number of carboxylic acid groups (broad SMARTS) is 1. The van der Waals surface area contributed by atoms with Gasteiger partial charge >= 0.3 is 5.97 Å². The number of carbonyl (C=O) groups is 1. The van der Waals surface area contributed by atoms with Crippen molar-refractivity contribution in [2.45, 2.75) is 38.7 Å². The molecule has 4 nitrogen and oxygen atoms in total. The Morgan fingerprint density at radius 1 is 1.54 bits per heavy atom. The van der Waals surface area contributed by atoms with Crippen LogP contribution in [0.1, 0.15) is 32.6 Å². The standard InChI is InChI=1S/C9H19NO3/c1-2-3-4-8(11)7-10-6-5-9(12)13/h8,10-11H,2-7H2,1H3,(H,12,13)/t8-/m0/s1. The van der Waals surface area contributed by atoms with Crippen molar-refractivity contribution in [3.63, 3.8) is 0 Å². The van der Waals surface area contributed by atoms with E-state index in [1.807, 2.05) is 0 Å². The van der Waals surface area contributed by atoms with Crippen LogP contribution in [0.25, 0.3) is 0 Å². The van der Waals surface area contributed by atoms with E-state index in [4.69, 9.17) is 5.11 Å². The number of aliphatic hydroxyl groups excluding tert-OH is 1. The Balaban J connectivity index is 3.16. The van der Waals surface area contributed by atoms with Crippen molar-refractivity contribution in [1.29, 1.82) is 0 Å². The molecule has 0 aromatic carbocycles. The molecule has 0 radical (unpaired) electrons. The number of aliphatic hydroxyl groups is 1. The lowest BCUT2D eigenvalue weighted by molar-refractivity contribution is -0.136. The van der Waals surface area contributed by atoms with Crippen molar-refractivity contribution in [1.82, 2.24) is 5.32 Å². The number of hydrogen-bond donors (Lipinski definition) is 3. The molecule has 0 amide bonds. The molecule has 1 atom stereocenters. The topological polar surface area (TPSA) is 69.6 Å². The number of aliphatic carboxylic acids is 1. The van der Waals surface area contributed by atoms with E-state index < -0.39 is 5.97 Å². The Hall–Kier alpha value is -0.610. The fourth-order valence-corrected chi connectivity index (χ4v) is 1.01. The molecule has 3 N–H and O–H groups in total. The molecule has 0 aromatic heterocycles. The number of unbranched alkanes of at least 4 members (excludes halogenated alkanes) is 1. The molecule has 0 unspecified atom stereocenters. The van der Waals surface area contributed by atoms with Gasteiger partial charge in [-0.2, -0.15) is 0 Å². The second kappa shape index (κ2) is 8.01. The van der Waals surface area contributed by atoms with Crippen LogP contribution in [-0.2, 0) is 4.79 Å². The summed E-state index contributed by atoms with van der Waals surface area (Å²) in [5.41, 5.74) is 0. The minimum absolute atomic E-state index is 0.112. The second-order valence-electron chi connectivity index (χ2n) is 3.14. The molecule has 0 saturated carbocycles. The quantitative estimate of drug-likeness (QED) is 0.489. The Labute approximate surface area is 79.0 Å². The van der Waals surface area contributed by atoms with E-state index in [0.29, 0.717) is 13.1 Å². The van der Waals surface area contributed by atoms with E-state index in [2.05, 4.69) is 12.2 Å². The second-order valence-corrected chi connectivity index (χ2v) is 3.14. The molecule has 78 valence electrons. The Kier molecular flexibility index (Phi) is 7.63. The molecular formula is C9H19NO3. The van der Waals surface area contributed by atoms with Crippen LogP contribution < -0.4 is 5.32 Å². The minimum Gasteiger partial charge on any atom is -0.481 e. The summed E-state index contributed by atoms with van der Waals surface area (Å²) in [5, 5.41) is 20.5. The molecule has 0 spiro atoms. The molecular weight excluding hydrogens is 170 g/mol. The zero-order chi connectivity index (χ0) is 10.1. The summed E-state index contributed by atoms with van der Waals surface area (Å²) < 4.78 is 0. The smallest absolute Gasteiger partial charge is 0.304 e. The van der Waals surface area contributed by atoms with Gasteiger partial charge < -0.3 is 15.5 Å². The fraction of sp³-hybridized carbons (Fsp3) is 0.889. The van der Waals surface area contributed by atoms with Gasteiger partial charge in [-0.3, -0.25) is 4.79 Å². The molecule has 4 heteroatoms. The lowest BCUT2D eigenvalue weighted by atomic mass is 10.1. The lowest BCUT2D eigenvalue weighted by Gasteiger charge is -2.09. The van der Waals surface area contributed by atoms with Crippen LogP contribution in [0.2, 0.25) is 0 Å². The highest BCUT2D eigenvalue weighted by molar-refractivity contribution is 5.66. The van der Waals surface area contributed by atoms with Gasteiger partial charge in [-0.1, -0.05) is 19.8 Å². The highest BCUT2D eigenvalue weighted by atomic mass is 16.4. The third kappa shape index (κ3) is 9.30. The molecule has 0 aliphatic heterocycles. The van der Waals surface area contributed by atoms with Gasteiger partial charge in [-0.25, -0.2) is 0 Å². The van der Waals surface area contributed by atoms with Crippen molar-refractivity contribution in [2.24, 2.45) is 0 Å². The fourth-order valence-electron chi connectivity index (χ4n) is 1.01. The summed E-state index contributed by atoms with van der Waals surface area (Å²) in [6, 6.07) is 0. The Bertz CT molecular complexity index is 139. The van der Waals surface area contributed by atoms with E-state index in [-0.39, 0.29) is 12.5 Å². The summed E-state index contributed by atoms with van der Waals surface area (Å²) in [7, 11) is 0. The van der Waals surface area contributed by atoms with Crippen molar-refractivity contribution in [2.75, 3.05) is 13.1 Å². The minimum atomic E-state index is -0.810. The highest BCUT2D eigenvalue weighted by Crippen LogP contribution is 1.98. The van der Waals surface area contributed by atoms with Gasteiger partial charge in [0, 0.05) is 13.1 Å². The van der Waals surface area contributed by atoms with Crippen LogP contribution in [-0.4, -0.2) is 35.4 Å². The van der Waals surface area contributed by atoms with Crippen LogP contribution in [0.15, 0.2) is 0 Å². The number of hydrogen-bond acceptors (Lipinski definition) is 3. The zero-order valence-corrected chi connectivity index (χ0v) is 8.12. The van der Waals surface area contributed by atoms with E-state index >= 15 is 0 Å². The molecule has 0 fully saturated rings. The summed E-state index contributed by atoms with van der Waals surface area (Å²) in [5.74, 6) is -0.810. The largest absolute Gasteiger partial charge is 0.481 e. The van der Waals surface area contributed by atoms with E-state index in [1.54, 1.807) is 0 Å². The normalized spacial score (nSPS) is 12.8. The Morgan fingerprint density at radius 2 is 2.23 bits per heavy atom. The maximum absolute atomic E-state index is 10.1. The van der Waals surface area contributed by atoms with Crippen molar-refractivity contribution < 1.29 is 15.0 Å². The predicted octanol–water partition coefficient (Wildman–Crippen LogP) is 0.602. The number of carboxylic acids is 1. The SMILES string of the molecule is CCCC[C@H](O)CNCCC(=O)O. The maximum Gasteiger partial charge on any atom is 0.304 e. The first-order chi connectivity index (χ1) is 6.16. The van der Waals surface area contributed by atoms with Crippen LogP contribution in [0.3, 0.4) is 0 Å². The first kappa shape index (κ1) is 12.4. The van der Waals surface area contributed by atoms with Crippen molar-refractivity contribution >= 4 is 5.97 Å². The molecule has 0 bridgehead atoms. The monoisotopic (exact) mass is 189 g/mol. The van der Waals surface area contributed by atoms with Gasteiger partial charge in [0.2, 0.25) is 0 Å². The third-order valence-electron chi connectivity index (χ3n) is 1.79. The van der Waals surface area contributed by atoms with Crippen LogP contribution in [0, 0.1) is 0 Å². The first-order valence-electron chi connectivity index (χ1n) is 4.77. The maximum atomic E-state index is 10.1. The predicted molar refractivity (Wildman–Crippen MR) is 50.7 cm³/mol. The average Bonchev–Trinajstić information content (AvgIpc) is 2.08. The van der Waals surface area contributed by atoms with Crippen LogP contribution >= 0.6 is 0 Å². The Morgan fingerprint density at radius 3 is 2.77 bits per heavy atom. The number of rotatable bonds is 8. The van der Waals surface area contributed by atoms with Crippen LogP contribution in [0.5, 0.6) is 0 Å². The number of nitrogens with one attached hydrogen (secondary N) is 1. The van der Waals surface area contributed by atoms with Gasteiger partial charge in [0.25, 0.3) is 0 Å². The molecule has 0 rings (SSSR count). The summed E-state index contributed by atoms with van der Waals surface area (Å²) in [6.07, 6.45) is 2.65. The zero-order valence-electron chi connectivity index (χ0n) is 8.12. The van der Waals surface area contributed by atoms with Gasteiger partial charge in [-0.15, -0.1) is 0 Å². The van der Waals surface area contributed by atoms with Gasteiger partial charge in [0.1, 0.15) is 0 Å². The summed E-state index contributed by atoms with van der Waals surface area (Å²) in [6.45, 7) is 3.00. The molecule has 0 heterocycles. The highest BCUT2D eigenvalue weighted by Gasteiger charge is 2.02. The molecule has 13 heavy (non-hydrogen) atoms. The van der Waals surface area contributed by atoms with Gasteiger partial charge in [0.15, 0.2) is 0 Å². The lowest BCUT2D eigenvalue weighted by Crippen LogP contribution is -2.28. The van der Waals surface area contributed by atoms with Gasteiger partial charge in [0.05, 0.1) is 12.5 Å². The van der Waals surface area contributed by atoms with Gasteiger partial charge in [-0.05, 0) is 6.42 Å². The van der Waals surface area contributed by atoms with E-state index in [0.717, 1.165) is 19.3 Å². The van der Waals surface area contributed by atoms with E-state index in [1.165, 1.54) is 0 Å². The van der Waals surface area contributed by atoms with Crippen molar-refractivity contribution in [3.05, 3.63) is 0 Å². The molecule has 0 aromatic rings. The molecule has 0 aliphatic rings. The molecule has 0 aliphatic carbocycles. The molecule has 0 saturated heterocycles. The first-order valence-corrected chi connectivity index (χ1v) is 4.77. The summed E-state index contributed by atoms with van der Waals surface area (Å²) in [4.78, 5) is 10.1. The summed E-state index contributed by atoms with van der Waals surface area (Å²) >= 11 is 0. The average molecular weight is 189 g/mol. The van der Waals surface area contributed by atoms with Crippen molar-refractivity contribution in [3.8, 4) is 0 Å².